The van der Waals surface area contributed by atoms with Crippen LogP contribution >= 0.6 is 11.3 Å². The third-order valence-corrected chi connectivity index (χ3v) is 4.91. The van der Waals surface area contributed by atoms with Crippen LogP contribution in [0.1, 0.15) is 55.4 Å². The summed E-state index contributed by atoms with van der Waals surface area (Å²) in [7, 11) is 0. The monoisotopic (exact) mass is 307 g/mol. The second-order valence-electron chi connectivity index (χ2n) is 5.59. The molecule has 21 heavy (non-hydrogen) atoms. The van der Waals surface area contributed by atoms with E-state index in [1.165, 1.54) is 15.9 Å². The smallest absolute Gasteiger partial charge is 0.263 e. The van der Waals surface area contributed by atoms with Crippen molar-refractivity contribution < 1.29 is 4.79 Å². The summed E-state index contributed by atoms with van der Waals surface area (Å²) in [6, 6.07) is -0.647. The molecule has 2 rings (SSSR count). The van der Waals surface area contributed by atoms with Gasteiger partial charge in [-0.1, -0.05) is 20.8 Å². The van der Waals surface area contributed by atoms with Gasteiger partial charge in [-0.15, -0.1) is 11.3 Å². The maximum atomic E-state index is 12.9. The Bertz CT molecular complexity index is 758. The summed E-state index contributed by atoms with van der Waals surface area (Å²) < 4.78 is 1.49. The number of amides is 1. The number of aryl methyl sites for hydroxylation is 2. The van der Waals surface area contributed by atoms with Gasteiger partial charge in [-0.2, -0.15) is 0 Å². The first-order valence-electron chi connectivity index (χ1n) is 7.11. The van der Waals surface area contributed by atoms with Crippen molar-refractivity contribution in [2.45, 2.75) is 53.0 Å². The Labute approximate surface area is 127 Å². The molecule has 6 heteroatoms. The molecule has 1 atom stereocenters. The van der Waals surface area contributed by atoms with Crippen LogP contribution in [0.5, 0.6) is 0 Å². The highest BCUT2D eigenvalue weighted by atomic mass is 32.1. The number of nitrogens with two attached hydrogens (primary N) is 1. The van der Waals surface area contributed by atoms with Crippen LogP contribution in [0.15, 0.2) is 4.79 Å². The van der Waals surface area contributed by atoms with Crippen molar-refractivity contribution in [1.82, 2.24) is 9.55 Å². The van der Waals surface area contributed by atoms with E-state index in [2.05, 4.69) is 4.98 Å². The lowest BCUT2D eigenvalue weighted by Crippen LogP contribution is -2.36. The summed E-state index contributed by atoms with van der Waals surface area (Å²) in [6.07, 6.45) is 0.477. The van der Waals surface area contributed by atoms with E-state index >= 15 is 0 Å². The zero-order valence-electron chi connectivity index (χ0n) is 13.1. The third kappa shape index (κ3) is 2.48. The highest BCUT2D eigenvalue weighted by molar-refractivity contribution is 7.18. The molecule has 0 aliphatic rings. The van der Waals surface area contributed by atoms with Crippen molar-refractivity contribution >= 4 is 27.5 Å². The molecule has 0 aliphatic carbocycles. The molecule has 0 saturated carbocycles. The van der Waals surface area contributed by atoms with Gasteiger partial charge in [0.15, 0.2) is 0 Å². The maximum absolute atomic E-state index is 12.9. The molecule has 0 spiro atoms. The number of aromatic nitrogens is 2. The lowest BCUT2D eigenvalue weighted by molar-refractivity contribution is -0.121. The number of carbonyl (C=O) groups is 1. The summed E-state index contributed by atoms with van der Waals surface area (Å²) in [5, 5.41) is 0.613. The number of rotatable bonds is 4. The average Bonchev–Trinajstić information content (AvgIpc) is 2.68. The first-order valence-corrected chi connectivity index (χ1v) is 7.92. The summed E-state index contributed by atoms with van der Waals surface area (Å²) in [5.74, 6) is 0.171. The second-order valence-corrected chi connectivity index (χ2v) is 6.79. The van der Waals surface area contributed by atoms with Gasteiger partial charge < -0.3 is 5.73 Å². The Morgan fingerprint density at radius 2 is 2.00 bits per heavy atom. The van der Waals surface area contributed by atoms with Gasteiger partial charge in [0.25, 0.3) is 5.56 Å². The van der Waals surface area contributed by atoms with Gasteiger partial charge in [0.2, 0.25) is 5.91 Å². The van der Waals surface area contributed by atoms with E-state index in [1.54, 1.807) is 0 Å². The van der Waals surface area contributed by atoms with Crippen molar-refractivity contribution in [3.8, 4) is 0 Å². The lowest BCUT2D eigenvalue weighted by Gasteiger charge is -2.20. The highest BCUT2D eigenvalue weighted by Crippen LogP contribution is 2.28. The Balaban J connectivity index is 2.92. The number of primary amides is 1. The summed E-state index contributed by atoms with van der Waals surface area (Å²) >= 11 is 1.52. The van der Waals surface area contributed by atoms with Gasteiger partial charge in [0.1, 0.15) is 16.7 Å². The number of carbonyl (C=O) groups excluding carboxylic acids is 1. The van der Waals surface area contributed by atoms with Gasteiger partial charge >= 0.3 is 0 Å². The molecule has 1 amide bonds. The minimum absolute atomic E-state index is 0.0400. The van der Waals surface area contributed by atoms with Gasteiger partial charge in [0, 0.05) is 10.8 Å². The Kier molecular flexibility index (Phi) is 4.18. The number of thiophene rings is 1. The van der Waals surface area contributed by atoms with E-state index in [0.29, 0.717) is 17.6 Å². The fourth-order valence-corrected chi connectivity index (χ4v) is 3.57. The fourth-order valence-electron chi connectivity index (χ4n) is 2.54. The van der Waals surface area contributed by atoms with Crippen LogP contribution < -0.4 is 11.3 Å². The number of fused-ring (bicyclic) bond motifs is 1. The molecule has 5 nitrogen and oxygen atoms in total. The van der Waals surface area contributed by atoms with E-state index in [0.717, 1.165) is 15.3 Å². The molecule has 1 unspecified atom stereocenters. The second kappa shape index (κ2) is 5.60. The van der Waals surface area contributed by atoms with Crippen molar-refractivity contribution in [1.29, 1.82) is 0 Å². The fraction of sp³-hybridized carbons (Fsp3) is 0.533. The van der Waals surface area contributed by atoms with Crippen molar-refractivity contribution in [2.75, 3.05) is 0 Å². The Morgan fingerprint density at radius 3 is 2.48 bits per heavy atom. The number of hydrogen-bond donors (Lipinski definition) is 1. The van der Waals surface area contributed by atoms with E-state index in [9.17, 15) is 9.59 Å². The molecule has 0 saturated heterocycles. The van der Waals surface area contributed by atoms with Crippen LogP contribution in [0.25, 0.3) is 10.2 Å². The molecular weight excluding hydrogens is 286 g/mol. The SMILES string of the molecule is CCC(C(N)=O)n1c(C(C)C)nc2sc(C)c(C)c2c1=O. The molecule has 0 aromatic carbocycles. The Morgan fingerprint density at radius 1 is 1.38 bits per heavy atom. The predicted octanol–water partition coefficient (Wildman–Crippen LogP) is 2.63. The Hall–Kier alpha value is -1.69. The number of nitrogens with zero attached hydrogens (tertiary/aromatic N) is 2. The van der Waals surface area contributed by atoms with Crippen LogP contribution in [-0.2, 0) is 4.79 Å². The minimum Gasteiger partial charge on any atom is -0.368 e. The first-order chi connectivity index (χ1) is 9.79. The van der Waals surface area contributed by atoms with E-state index in [1.807, 2.05) is 34.6 Å². The third-order valence-electron chi connectivity index (χ3n) is 3.81. The molecule has 0 aliphatic heterocycles. The van der Waals surface area contributed by atoms with E-state index < -0.39 is 11.9 Å². The zero-order chi connectivity index (χ0) is 15.9. The normalized spacial score (nSPS) is 13.0. The quantitative estimate of drug-likeness (QED) is 0.943. The molecule has 2 N–H and O–H groups in total. The van der Waals surface area contributed by atoms with Gasteiger partial charge in [-0.25, -0.2) is 4.98 Å². The maximum Gasteiger partial charge on any atom is 0.263 e. The first kappa shape index (κ1) is 15.7. The van der Waals surface area contributed by atoms with Gasteiger partial charge in [-0.3, -0.25) is 14.2 Å². The molecule has 0 radical (unpaired) electrons. The predicted molar refractivity (Wildman–Crippen MR) is 86.0 cm³/mol. The zero-order valence-corrected chi connectivity index (χ0v) is 13.9. The molecule has 114 valence electrons. The molecular formula is C15H21N3O2S. The van der Waals surface area contributed by atoms with Crippen molar-refractivity contribution in [2.24, 2.45) is 5.73 Å². The van der Waals surface area contributed by atoms with Crippen LogP contribution in [0.4, 0.5) is 0 Å². The van der Waals surface area contributed by atoms with Crippen molar-refractivity contribution in [3.05, 3.63) is 26.6 Å². The lowest BCUT2D eigenvalue weighted by atomic mass is 10.1. The largest absolute Gasteiger partial charge is 0.368 e. The molecule has 2 aromatic rings. The molecule has 2 heterocycles. The van der Waals surface area contributed by atoms with E-state index in [4.69, 9.17) is 5.73 Å². The van der Waals surface area contributed by atoms with Crippen molar-refractivity contribution in [3.63, 3.8) is 0 Å². The molecule has 0 bridgehead atoms. The van der Waals surface area contributed by atoms with Crippen LogP contribution in [-0.4, -0.2) is 15.5 Å². The summed E-state index contributed by atoms with van der Waals surface area (Å²) in [5.41, 5.74) is 6.27. The minimum atomic E-state index is -0.647. The van der Waals surface area contributed by atoms with Crippen LogP contribution in [0, 0.1) is 13.8 Å². The number of hydrogen-bond acceptors (Lipinski definition) is 4. The van der Waals surface area contributed by atoms with Gasteiger partial charge in [0.05, 0.1) is 5.39 Å². The summed E-state index contributed by atoms with van der Waals surface area (Å²) in [6.45, 7) is 9.67. The molecule has 2 aromatic heterocycles. The highest BCUT2D eigenvalue weighted by Gasteiger charge is 2.25. The van der Waals surface area contributed by atoms with Gasteiger partial charge in [-0.05, 0) is 25.8 Å². The standard InChI is InChI=1S/C15H21N3O2S/c1-6-10(12(16)19)18-13(7(2)3)17-14-11(15(18)20)8(4)9(5)21-14/h7,10H,6H2,1-5H3,(H2,16,19). The summed E-state index contributed by atoms with van der Waals surface area (Å²) in [4.78, 5) is 31.1. The topological polar surface area (TPSA) is 78.0 Å². The van der Waals surface area contributed by atoms with E-state index in [-0.39, 0.29) is 11.5 Å². The van der Waals surface area contributed by atoms with Crippen LogP contribution in [0.3, 0.4) is 0 Å². The average molecular weight is 307 g/mol. The van der Waals surface area contributed by atoms with Crippen LogP contribution in [0.2, 0.25) is 0 Å². The molecule has 0 fully saturated rings.